The van der Waals surface area contributed by atoms with Crippen LogP contribution in [0, 0.1) is 11.7 Å². The number of nitrogens with one attached hydrogen (secondary N) is 2. The lowest BCUT2D eigenvalue weighted by molar-refractivity contribution is -0.140. The summed E-state index contributed by atoms with van der Waals surface area (Å²) in [5.41, 5.74) is -0.108. The van der Waals surface area contributed by atoms with Gasteiger partial charge in [0.1, 0.15) is 11.9 Å². The summed E-state index contributed by atoms with van der Waals surface area (Å²) >= 11 is 5.70. The molecule has 0 radical (unpaired) electrons. The highest BCUT2D eigenvalue weighted by Crippen LogP contribution is 2.19. The number of carboxylic acids is 1. The number of anilines is 1. The van der Waals surface area contributed by atoms with E-state index in [1.807, 2.05) is 6.92 Å². The number of benzene rings is 1. The Bertz CT molecular complexity index is 510. The minimum Gasteiger partial charge on any atom is -0.480 e. The summed E-state index contributed by atoms with van der Waals surface area (Å²) in [6, 6.07) is 1.87. The number of halogens is 2. The third-order valence-corrected chi connectivity index (χ3v) is 3.18. The lowest BCUT2D eigenvalue weighted by Crippen LogP contribution is -2.46. The molecule has 5 nitrogen and oxygen atoms in total. The molecule has 1 aromatic rings. The van der Waals surface area contributed by atoms with Crippen molar-refractivity contribution in [2.45, 2.75) is 26.3 Å². The molecule has 0 saturated carbocycles. The molecule has 2 atom stereocenters. The van der Waals surface area contributed by atoms with Crippen LogP contribution in [0.1, 0.15) is 20.3 Å². The van der Waals surface area contributed by atoms with Crippen molar-refractivity contribution >= 4 is 29.3 Å². The van der Waals surface area contributed by atoms with E-state index in [2.05, 4.69) is 10.6 Å². The lowest BCUT2D eigenvalue weighted by atomic mass is 9.99. The first-order valence-corrected chi connectivity index (χ1v) is 6.48. The average molecular weight is 303 g/mol. The van der Waals surface area contributed by atoms with E-state index in [1.54, 1.807) is 6.92 Å². The maximum atomic E-state index is 13.4. The Kier molecular flexibility index (Phi) is 5.76. The highest BCUT2D eigenvalue weighted by molar-refractivity contribution is 6.30. The SMILES string of the molecule is CCC(C)C(NC(=O)Nc1cc(Cl)ccc1F)C(=O)O. The zero-order chi connectivity index (χ0) is 15.3. The van der Waals surface area contributed by atoms with E-state index in [9.17, 15) is 14.0 Å². The molecular weight excluding hydrogens is 287 g/mol. The molecule has 20 heavy (non-hydrogen) atoms. The Morgan fingerprint density at radius 3 is 2.65 bits per heavy atom. The van der Waals surface area contributed by atoms with E-state index in [-0.39, 0.29) is 16.6 Å². The highest BCUT2D eigenvalue weighted by Gasteiger charge is 2.25. The topological polar surface area (TPSA) is 78.4 Å². The standard InChI is InChI=1S/C13H16ClFN2O3/c1-3-7(2)11(12(18)19)17-13(20)16-10-6-8(14)4-5-9(10)15/h4-7,11H,3H2,1-2H3,(H,18,19)(H2,16,17,20). The number of aliphatic carboxylic acids is 1. The number of hydrogen-bond acceptors (Lipinski definition) is 2. The quantitative estimate of drug-likeness (QED) is 0.782. The smallest absolute Gasteiger partial charge is 0.326 e. The second-order valence-electron chi connectivity index (χ2n) is 4.42. The molecule has 0 aliphatic heterocycles. The molecular formula is C13H16ClFN2O3. The van der Waals surface area contributed by atoms with Crippen LogP contribution in [0.25, 0.3) is 0 Å². The van der Waals surface area contributed by atoms with Crippen molar-refractivity contribution in [3.63, 3.8) is 0 Å². The molecule has 0 aliphatic rings. The van der Waals surface area contributed by atoms with Crippen LogP contribution < -0.4 is 10.6 Å². The molecule has 0 heterocycles. The van der Waals surface area contributed by atoms with Gasteiger partial charge in [-0.3, -0.25) is 0 Å². The second kappa shape index (κ2) is 7.09. The van der Waals surface area contributed by atoms with Crippen LogP contribution in [-0.2, 0) is 4.79 Å². The first-order valence-electron chi connectivity index (χ1n) is 6.10. The van der Waals surface area contributed by atoms with Gasteiger partial charge in [0.25, 0.3) is 0 Å². The Labute approximate surface area is 121 Å². The summed E-state index contributed by atoms with van der Waals surface area (Å²) in [5.74, 6) is -2.04. The molecule has 1 aromatic carbocycles. The normalized spacial score (nSPS) is 13.4. The Morgan fingerprint density at radius 2 is 2.10 bits per heavy atom. The first-order chi connectivity index (χ1) is 9.35. The van der Waals surface area contributed by atoms with Gasteiger partial charge in [-0.15, -0.1) is 0 Å². The molecule has 1 rings (SSSR count). The molecule has 2 amide bonds. The van der Waals surface area contributed by atoms with Crippen LogP contribution in [0.15, 0.2) is 18.2 Å². The summed E-state index contributed by atoms with van der Waals surface area (Å²) in [5, 5.41) is 13.9. The summed E-state index contributed by atoms with van der Waals surface area (Å²) < 4.78 is 13.4. The van der Waals surface area contributed by atoms with Gasteiger partial charge in [0, 0.05) is 5.02 Å². The van der Waals surface area contributed by atoms with Gasteiger partial charge in [-0.05, 0) is 24.1 Å². The zero-order valence-corrected chi connectivity index (χ0v) is 11.9. The van der Waals surface area contributed by atoms with Crippen molar-refractivity contribution in [2.24, 2.45) is 5.92 Å². The first kappa shape index (κ1) is 16.2. The number of rotatable bonds is 5. The number of urea groups is 1. The Balaban J connectivity index is 2.75. The van der Waals surface area contributed by atoms with Gasteiger partial charge >= 0.3 is 12.0 Å². The van der Waals surface area contributed by atoms with Crippen molar-refractivity contribution in [1.82, 2.24) is 5.32 Å². The Morgan fingerprint density at radius 1 is 1.45 bits per heavy atom. The van der Waals surface area contributed by atoms with Crippen LogP contribution in [0.5, 0.6) is 0 Å². The summed E-state index contributed by atoms with van der Waals surface area (Å²) in [7, 11) is 0. The third-order valence-electron chi connectivity index (χ3n) is 2.94. The van der Waals surface area contributed by atoms with Gasteiger partial charge < -0.3 is 15.7 Å². The predicted octanol–water partition coefficient (Wildman–Crippen LogP) is 3.10. The van der Waals surface area contributed by atoms with Crippen molar-refractivity contribution in [2.75, 3.05) is 5.32 Å². The van der Waals surface area contributed by atoms with Gasteiger partial charge in [0.05, 0.1) is 5.69 Å². The second-order valence-corrected chi connectivity index (χ2v) is 4.86. The van der Waals surface area contributed by atoms with Gasteiger partial charge in [-0.25, -0.2) is 14.0 Å². The van der Waals surface area contributed by atoms with E-state index in [1.165, 1.54) is 12.1 Å². The van der Waals surface area contributed by atoms with Gasteiger partial charge in [0.2, 0.25) is 0 Å². The molecule has 7 heteroatoms. The van der Waals surface area contributed by atoms with Crippen LogP contribution in [0.3, 0.4) is 0 Å². The highest BCUT2D eigenvalue weighted by atomic mass is 35.5. The Hall–Kier alpha value is -1.82. The minimum atomic E-state index is -1.14. The summed E-state index contributed by atoms with van der Waals surface area (Å²) in [4.78, 5) is 22.8. The monoisotopic (exact) mass is 302 g/mol. The largest absolute Gasteiger partial charge is 0.480 e. The minimum absolute atomic E-state index is 0.108. The summed E-state index contributed by atoms with van der Waals surface area (Å²) in [6.07, 6.45) is 0.586. The van der Waals surface area contributed by atoms with Crippen molar-refractivity contribution in [3.05, 3.63) is 29.0 Å². The van der Waals surface area contributed by atoms with Crippen LogP contribution in [0.2, 0.25) is 5.02 Å². The fourth-order valence-corrected chi connectivity index (χ4v) is 1.75. The maximum absolute atomic E-state index is 13.4. The molecule has 0 spiro atoms. The molecule has 2 unspecified atom stereocenters. The van der Waals surface area contributed by atoms with Gasteiger partial charge in [-0.1, -0.05) is 31.9 Å². The van der Waals surface area contributed by atoms with Gasteiger partial charge in [0.15, 0.2) is 0 Å². The van der Waals surface area contributed by atoms with Gasteiger partial charge in [-0.2, -0.15) is 0 Å². The van der Waals surface area contributed by atoms with Crippen LogP contribution >= 0.6 is 11.6 Å². The number of carboxylic acid groups (broad SMARTS) is 1. The molecule has 0 fully saturated rings. The number of carbonyl (C=O) groups is 2. The summed E-state index contributed by atoms with van der Waals surface area (Å²) in [6.45, 7) is 3.52. The number of amides is 2. The number of carbonyl (C=O) groups excluding carboxylic acids is 1. The lowest BCUT2D eigenvalue weighted by Gasteiger charge is -2.20. The molecule has 110 valence electrons. The average Bonchev–Trinajstić information content (AvgIpc) is 2.39. The van der Waals surface area contributed by atoms with E-state index < -0.39 is 23.9 Å². The number of hydrogen-bond donors (Lipinski definition) is 3. The zero-order valence-electron chi connectivity index (χ0n) is 11.1. The van der Waals surface area contributed by atoms with E-state index in [0.29, 0.717) is 6.42 Å². The fourth-order valence-electron chi connectivity index (χ4n) is 1.58. The molecule has 0 bridgehead atoms. The maximum Gasteiger partial charge on any atom is 0.326 e. The molecule has 3 N–H and O–H groups in total. The van der Waals surface area contributed by atoms with Crippen molar-refractivity contribution in [1.29, 1.82) is 0 Å². The van der Waals surface area contributed by atoms with E-state index in [4.69, 9.17) is 16.7 Å². The molecule has 0 aromatic heterocycles. The predicted molar refractivity (Wildman–Crippen MR) is 74.4 cm³/mol. The fraction of sp³-hybridized carbons (Fsp3) is 0.385. The van der Waals surface area contributed by atoms with Crippen molar-refractivity contribution < 1.29 is 19.1 Å². The van der Waals surface area contributed by atoms with E-state index in [0.717, 1.165) is 6.07 Å². The molecule has 0 saturated heterocycles. The van der Waals surface area contributed by atoms with Crippen LogP contribution in [-0.4, -0.2) is 23.1 Å². The van der Waals surface area contributed by atoms with Crippen LogP contribution in [0.4, 0.5) is 14.9 Å². The third kappa shape index (κ3) is 4.38. The van der Waals surface area contributed by atoms with E-state index >= 15 is 0 Å². The van der Waals surface area contributed by atoms with Crippen molar-refractivity contribution in [3.8, 4) is 0 Å². The molecule has 0 aliphatic carbocycles.